The predicted octanol–water partition coefficient (Wildman–Crippen LogP) is 3.15. The lowest BCUT2D eigenvalue weighted by Gasteiger charge is -2.21. The molecule has 5 rings (SSSR count). The average molecular weight is 360 g/mol. The number of nitrogens with zero attached hydrogens (tertiary/aromatic N) is 4. The van der Waals surface area contributed by atoms with Gasteiger partial charge in [-0.1, -0.05) is 41.6 Å². The van der Waals surface area contributed by atoms with Gasteiger partial charge in [-0.15, -0.1) is 0 Å². The van der Waals surface area contributed by atoms with E-state index in [-0.39, 0.29) is 11.6 Å². The molecule has 3 aromatic rings. The van der Waals surface area contributed by atoms with E-state index >= 15 is 0 Å². The van der Waals surface area contributed by atoms with Crippen LogP contribution in [-0.2, 0) is 11.9 Å². The number of hydrogen-bond donors (Lipinski definition) is 0. The SMILES string of the molecule is CN1CON=C1C1=CCC(n2c(=O)ccc3c2c2ccccc2n3C)C=C1. The molecule has 6 nitrogen and oxygen atoms in total. The van der Waals surface area contributed by atoms with Gasteiger partial charge in [0.1, 0.15) is 0 Å². The van der Waals surface area contributed by atoms with Crippen molar-refractivity contribution in [2.45, 2.75) is 12.5 Å². The van der Waals surface area contributed by atoms with Crippen molar-refractivity contribution in [3.05, 3.63) is 70.6 Å². The van der Waals surface area contributed by atoms with E-state index in [2.05, 4.69) is 34.0 Å². The minimum Gasteiger partial charge on any atom is -0.372 e. The third-order valence-electron chi connectivity index (χ3n) is 5.42. The van der Waals surface area contributed by atoms with Crippen LogP contribution >= 0.6 is 0 Å². The zero-order chi connectivity index (χ0) is 18.5. The number of oxime groups is 1. The molecule has 0 fully saturated rings. The summed E-state index contributed by atoms with van der Waals surface area (Å²) in [5, 5.41) is 5.20. The number of pyridine rings is 1. The zero-order valence-corrected chi connectivity index (χ0v) is 15.3. The maximum Gasteiger partial charge on any atom is 0.251 e. The van der Waals surface area contributed by atoms with E-state index in [0.29, 0.717) is 6.73 Å². The van der Waals surface area contributed by atoms with Crippen LogP contribution in [0.1, 0.15) is 12.5 Å². The molecule has 2 aliphatic rings. The first kappa shape index (κ1) is 15.9. The van der Waals surface area contributed by atoms with Crippen LogP contribution < -0.4 is 5.56 Å². The molecule has 0 spiro atoms. The molecule has 0 bridgehead atoms. The summed E-state index contributed by atoms with van der Waals surface area (Å²) in [6.07, 6.45) is 6.99. The van der Waals surface area contributed by atoms with E-state index in [9.17, 15) is 4.79 Å². The van der Waals surface area contributed by atoms with Crippen LogP contribution in [0.15, 0.2) is 70.1 Å². The number of aromatic nitrogens is 2. The van der Waals surface area contributed by atoms with Gasteiger partial charge in [0.15, 0.2) is 12.6 Å². The van der Waals surface area contributed by atoms with E-state index in [4.69, 9.17) is 4.84 Å². The molecule has 0 saturated heterocycles. The van der Waals surface area contributed by atoms with Crippen LogP contribution in [0.3, 0.4) is 0 Å². The van der Waals surface area contributed by atoms with Crippen molar-refractivity contribution in [3.8, 4) is 0 Å². The molecule has 0 saturated carbocycles. The fourth-order valence-corrected chi connectivity index (χ4v) is 4.05. The number of para-hydroxylation sites is 1. The van der Waals surface area contributed by atoms with Crippen molar-refractivity contribution >= 4 is 27.8 Å². The maximum atomic E-state index is 12.8. The van der Waals surface area contributed by atoms with Gasteiger partial charge in [-0.05, 0) is 18.6 Å². The fraction of sp³-hybridized carbons (Fsp3) is 0.238. The lowest BCUT2D eigenvalue weighted by Crippen LogP contribution is -2.26. The number of amidine groups is 1. The van der Waals surface area contributed by atoms with Gasteiger partial charge in [-0.2, -0.15) is 0 Å². The standard InChI is InChI=1S/C21H20N4O2/c1-23-13-27-22-21(23)14-7-9-15(10-8-14)25-19(26)12-11-18-20(25)16-5-3-4-6-17(16)24(18)2/h3-9,11-12,15H,10,13H2,1-2H3. The molecule has 0 radical (unpaired) electrons. The Kier molecular flexibility index (Phi) is 3.47. The summed E-state index contributed by atoms with van der Waals surface area (Å²) in [5.74, 6) is 0.834. The molecule has 1 unspecified atom stereocenters. The Morgan fingerprint density at radius 1 is 1.11 bits per heavy atom. The van der Waals surface area contributed by atoms with E-state index < -0.39 is 0 Å². The molecule has 0 amide bonds. The monoisotopic (exact) mass is 360 g/mol. The molecule has 27 heavy (non-hydrogen) atoms. The number of benzene rings is 1. The zero-order valence-electron chi connectivity index (χ0n) is 15.3. The van der Waals surface area contributed by atoms with Gasteiger partial charge in [0, 0.05) is 31.1 Å². The van der Waals surface area contributed by atoms with E-state index in [1.807, 2.05) is 47.8 Å². The van der Waals surface area contributed by atoms with Gasteiger partial charge in [0.25, 0.3) is 5.56 Å². The fourth-order valence-electron chi connectivity index (χ4n) is 4.05. The van der Waals surface area contributed by atoms with Crippen LogP contribution in [0.25, 0.3) is 21.9 Å². The first-order valence-corrected chi connectivity index (χ1v) is 9.03. The average Bonchev–Trinajstić information content (AvgIpc) is 3.24. The second-order valence-corrected chi connectivity index (χ2v) is 7.04. The highest BCUT2D eigenvalue weighted by Crippen LogP contribution is 2.31. The van der Waals surface area contributed by atoms with Gasteiger partial charge in [0.2, 0.25) is 0 Å². The third kappa shape index (κ3) is 2.33. The largest absolute Gasteiger partial charge is 0.372 e. The summed E-state index contributed by atoms with van der Waals surface area (Å²) in [4.78, 5) is 19.9. The second-order valence-electron chi connectivity index (χ2n) is 7.04. The van der Waals surface area contributed by atoms with E-state index in [1.54, 1.807) is 6.07 Å². The topological polar surface area (TPSA) is 51.8 Å². The number of fused-ring (bicyclic) bond motifs is 3. The number of likely N-dealkylation sites (N-methyl/N-ethyl adjacent to an activating group) is 1. The minimum absolute atomic E-state index is 0.0176. The van der Waals surface area contributed by atoms with Crippen molar-refractivity contribution in [1.82, 2.24) is 14.0 Å². The summed E-state index contributed by atoms with van der Waals surface area (Å²) in [7, 11) is 4.00. The number of rotatable bonds is 2. The predicted molar refractivity (Wildman–Crippen MR) is 107 cm³/mol. The molecule has 1 atom stereocenters. The number of aryl methyl sites for hydroxylation is 1. The van der Waals surface area contributed by atoms with Crippen molar-refractivity contribution in [2.75, 3.05) is 13.8 Å². The number of hydrogen-bond acceptors (Lipinski definition) is 4. The van der Waals surface area contributed by atoms with Crippen molar-refractivity contribution in [1.29, 1.82) is 0 Å². The Hall–Kier alpha value is -3.28. The van der Waals surface area contributed by atoms with Crippen LogP contribution in [0.4, 0.5) is 0 Å². The quantitative estimate of drug-likeness (QED) is 0.705. The molecule has 3 heterocycles. The van der Waals surface area contributed by atoms with Gasteiger partial charge >= 0.3 is 0 Å². The molecule has 136 valence electrons. The molecule has 1 aliphatic heterocycles. The van der Waals surface area contributed by atoms with Gasteiger partial charge in [0.05, 0.1) is 22.6 Å². The van der Waals surface area contributed by atoms with Crippen LogP contribution in [0.2, 0.25) is 0 Å². The first-order valence-electron chi connectivity index (χ1n) is 9.03. The van der Waals surface area contributed by atoms with Gasteiger partial charge in [-0.3, -0.25) is 9.36 Å². The van der Waals surface area contributed by atoms with E-state index in [0.717, 1.165) is 39.8 Å². The minimum atomic E-state index is -0.0241. The molecular formula is C21H20N4O2. The Morgan fingerprint density at radius 2 is 1.96 bits per heavy atom. The highest BCUT2D eigenvalue weighted by atomic mass is 16.7. The summed E-state index contributed by atoms with van der Waals surface area (Å²) >= 11 is 0. The molecule has 1 aromatic carbocycles. The van der Waals surface area contributed by atoms with Crippen LogP contribution in [0, 0.1) is 0 Å². The summed E-state index contributed by atoms with van der Waals surface area (Å²) in [6.45, 7) is 0.471. The van der Waals surface area contributed by atoms with Crippen molar-refractivity contribution < 1.29 is 4.84 Å². The Morgan fingerprint density at radius 3 is 2.70 bits per heavy atom. The molecule has 0 N–H and O–H groups in total. The van der Waals surface area contributed by atoms with E-state index in [1.165, 1.54) is 0 Å². The van der Waals surface area contributed by atoms with Gasteiger partial charge < -0.3 is 14.3 Å². The molecular weight excluding hydrogens is 340 g/mol. The first-order chi connectivity index (χ1) is 13.1. The second kappa shape index (κ2) is 5.87. The molecule has 1 aliphatic carbocycles. The van der Waals surface area contributed by atoms with Crippen LogP contribution in [-0.4, -0.2) is 33.6 Å². The molecule has 6 heteroatoms. The smallest absolute Gasteiger partial charge is 0.251 e. The Labute approximate surface area is 156 Å². The summed E-state index contributed by atoms with van der Waals surface area (Å²) in [5.41, 5.74) is 4.23. The highest BCUT2D eigenvalue weighted by molar-refractivity contribution is 6.06. The summed E-state index contributed by atoms with van der Waals surface area (Å²) in [6, 6.07) is 11.8. The normalized spacial score (nSPS) is 19.5. The van der Waals surface area contributed by atoms with Crippen LogP contribution in [0.5, 0.6) is 0 Å². The number of allylic oxidation sites excluding steroid dienone is 2. The Balaban J connectivity index is 1.63. The molecule has 2 aromatic heterocycles. The lowest BCUT2D eigenvalue weighted by molar-refractivity contribution is 0.120. The van der Waals surface area contributed by atoms with Crippen molar-refractivity contribution in [2.24, 2.45) is 12.2 Å². The lowest BCUT2D eigenvalue weighted by atomic mass is 10.0. The third-order valence-corrected chi connectivity index (χ3v) is 5.42. The van der Waals surface area contributed by atoms with Crippen molar-refractivity contribution in [3.63, 3.8) is 0 Å². The maximum absolute atomic E-state index is 12.8. The summed E-state index contributed by atoms with van der Waals surface area (Å²) < 4.78 is 4.06. The highest BCUT2D eigenvalue weighted by Gasteiger charge is 2.22. The Bertz CT molecular complexity index is 1210. The van der Waals surface area contributed by atoms with Gasteiger partial charge in [-0.25, -0.2) is 0 Å².